The molecule has 0 saturated heterocycles. The highest BCUT2D eigenvalue weighted by Gasteiger charge is 2.35. The van der Waals surface area contributed by atoms with Gasteiger partial charge in [-0.15, -0.1) is 0 Å². The van der Waals surface area contributed by atoms with Crippen molar-refractivity contribution >= 4 is 18.6 Å². The summed E-state index contributed by atoms with van der Waals surface area (Å²) in [6.07, 6.45) is 14.6. The molecule has 0 heterocycles. The Kier molecular flexibility index (Phi) is 12.5. The maximum absolute atomic E-state index is 12.2. The highest BCUT2D eigenvalue weighted by atomic mass is 32.1. The van der Waals surface area contributed by atoms with E-state index >= 15 is 0 Å². The van der Waals surface area contributed by atoms with Crippen LogP contribution in [0.5, 0.6) is 5.75 Å². The molecule has 1 aromatic carbocycles. The van der Waals surface area contributed by atoms with E-state index in [0.29, 0.717) is 18.6 Å². The largest absolute Gasteiger partial charge is 0.507 e. The molecule has 0 aliphatic rings. The van der Waals surface area contributed by atoms with E-state index in [1.165, 1.54) is 57.8 Å². The van der Waals surface area contributed by atoms with E-state index in [4.69, 9.17) is 12.6 Å². The van der Waals surface area contributed by atoms with Crippen LogP contribution in [-0.4, -0.2) is 20.9 Å². The number of rotatable bonds is 15. The van der Waals surface area contributed by atoms with Gasteiger partial charge >= 0.3 is 5.97 Å². The van der Waals surface area contributed by atoms with Crippen LogP contribution in [0.25, 0.3) is 0 Å². The average molecular weight is 493 g/mol. The quantitative estimate of drug-likeness (QED) is 0.169. The first-order valence-electron chi connectivity index (χ1n) is 13.5. The summed E-state index contributed by atoms with van der Waals surface area (Å²) in [6.45, 7) is 14.7. The van der Waals surface area contributed by atoms with Gasteiger partial charge in [-0.25, -0.2) is 0 Å². The number of hydrogen-bond donors (Lipinski definition) is 3. The summed E-state index contributed by atoms with van der Waals surface area (Å²) in [4.78, 5) is 12.2. The number of benzene rings is 1. The smallest absolute Gasteiger partial charge is 0.319 e. The Morgan fingerprint density at radius 1 is 0.765 bits per heavy atom. The summed E-state index contributed by atoms with van der Waals surface area (Å²) in [5.41, 5.74) is 2.20. The molecule has 1 rings (SSSR count). The lowest BCUT2D eigenvalue weighted by atomic mass is 9.77. The molecular formula is C30H52O3S. The van der Waals surface area contributed by atoms with Crippen molar-refractivity contribution in [3.63, 3.8) is 0 Å². The summed E-state index contributed by atoms with van der Waals surface area (Å²) in [7, 11) is 0. The number of carboxylic acid groups (broad SMARTS) is 1. The third-order valence-electron chi connectivity index (χ3n) is 6.87. The minimum Gasteiger partial charge on any atom is -0.507 e. The minimum atomic E-state index is -1.10. The van der Waals surface area contributed by atoms with Gasteiger partial charge in [-0.2, -0.15) is 12.6 Å². The molecule has 0 fully saturated rings. The first-order valence-corrected chi connectivity index (χ1v) is 14.0. The zero-order chi connectivity index (χ0) is 26.0. The maximum Gasteiger partial charge on any atom is 0.319 e. The fourth-order valence-electron chi connectivity index (χ4n) is 4.63. The predicted molar refractivity (Wildman–Crippen MR) is 150 cm³/mol. The molecule has 0 aromatic heterocycles. The summed E-state index contributed by atoms with van der Waals surface area (Å²) >= 11 is 4.70. The second-order valence-electron chi connectivity index (χ2n) is 12.3. The molecule has 34 heavy (non-hydrogen) atoms. The molecule has 196 valence electrons. The molecule has 3 nitrogen and oxygen atoms in total. The topological polar surface area (TPSA) is 57.5 Å². The van der Waals surface area contributed by atoms with Crippen LogP contribution in [0.1, 0.15) is 142 Å². The molecule has 0 saturated carbocycles. The van der Waals surface area contributed by atoms with Gasteiger partial charge in [0.2, 0.25) is 0 Å². The van der Waals surface area contributed by atoms with E-state index in [2.05, 4.69) is 48.5 Å². The normalized spacial score (nSPS) is 14.2. The van der Waals surface area contributed by atoms with Gasteiger partial charge in [0.25, 0.3) is 0 Å². The van der Waals surface area contributed by atoms with E-state index < -0.39 is 10.7 Å². The number of aliphatic carboxylic acids is 1. The first-order chi connectivity index (χ1) is 15.7. The van der Waals surface area contributed by atoms with Gasteiger partial charge in [-0.05, 0) is 40.4 Å². The number of unbranched alkanes of at least 4 members (excludes halogenated alkanes) is 10. The standard InChI is InChI=1S/C30H52O3S/c1-8-9-10-11-12-13-14-15-16-17-18-19-30(34,27(32)33)22-23-20-24(28(2,3)4)26(31)25(21-23)29(5,6)7/h20-21,31,34H,8-19,22H2,1-7H3,(H,32,33). The van der Waals surface area contributed by atoms with Crippen molar-refractivity contribution < 1.29 is 15.0 Å². The van der Waals surface area contributed by atoms with Crippen LogP contribution >= 0.6 is 12.6 Å². The molecule has 4 heteroatoms. The predicted octanol–water partition coefficient (Wildman–Crippen LogP) is 8.98. The third kappa shape index (κ3) is 10.2. The monoisotopic (exact) mass is 492 g/mol. The lowest BCUT2D eigenvalue weighted by Crippen LogP contribution is -2.35. The SMILES string of the molecule is CCCCCCCCCCCCCC(S)(Cc1cc(C(C)(C)C)c(O)c(C(C)(C)C)c1)C(=O)O. The Labute approximate surface area is 215 Å². The van der Waals surface area contributed by atoms with E-state index in [0.717, 1.165) is 29.5 Å². The molecule has 1 atom stereocenters. The Balaban J connectivity index is 2.74. The van der Waals surface area contributed by atoms with E-state index in [1.807, 2.05) is 12.1 Å². The van der Waals surface area contributed by atoms with Crippen molar-refractivity contribution in [3.05, 3.63) is 28.8 Å². The van der Waals surface area contributed by atoms with Gasteiger partial charge in [-0.3, -0.25) is 4.79 Å². The Morgan fingerprint density at radius 3 is 1.50 bits per heavy atom. The van der Waals surface area contributed by atoms with E-state index in [1.54, 1.807) is 0 Å². The molecule has 2 N–H and O–H groups in total. The fourth-order valence-corrected chi connectivity index (χ4v) is 4.97. The average Bonchev–Trinajstić information content (AvgIpc) is 2.71. The van der Waals surface area contributed by atoms with Crippen molar-refractivity contribution in [1.29, 1.82) is 0 Å². The van der Waals surface area contributed by atoms with Crippen molar-refractivity contribution in [2.75, 3.05) is 0 Å². The number of carboxylic acids is 1. The van der Waals surface area contributed by atoms with Gasteiger partial charge in [0.15, 0.2) is 0 Å². The number of hydrogen-bond acceptors (Lipinski definition) is 3. The molecule has 0 spiro atoms. The number of phenolic OH excluding ortho intramolecular Hbond substituents is 1. The zero-order valence-corrected chi connectivity index (χ0v) is 24.0. The van der Waals surface area contributed by atoms with Crippen molar-refractivity contribution in [2.45, 2.75) is 148 Å². The minimum absolute atomic E-state index is 0.238. The second-order valence-corrected chi connectivity index (χ2v) is 13.2. The van der Waals surface area contributed by atoms with Crippen LogP contribution in [0, 0.1) is 0 Å². The molecule has 0 bridgehead atoms. The van der Waals surface area contributed by atoms with Crippen LogP contribution in [0.2, 0.25) is 0 Å². The van der Waals surface area contributed by atoms with E-state index in [9.17, 15) is 15.0 Å². The summed E-state index contributed by atoms with van der Waals surface area (Å²) in [6, 6.07) is 3.97. The fraction of sp³-hybridized carbons (Fsp3) is 0.767. The number of aromatic hydroxyl groups is 1. The Morgan fingerprint density at radius 2 is 1.15 bits per heavy atom. The van der Waals surface area contributed by atoms with Crippen LogP contribution in [0.15, 0.2) is 12.1 Å². The lowest BCUT2D eigenvalue weighted by molar-refractivity contribution is -0.140. The van der Waals surface area contributed by atoms with Gasteiger partial charge in [-0.1, -0.05) is 131 Å². The Bertz CT molecular complexity index is 722. The zero-order valence-electron chi connectivity index (χ0n) is 23.1. The number of carbonyl (C=O) groups is 1. The second kappa shape index (κ2) is 13.8. The van der Waals surface area contributed by atoms with Gasteiger partial charge in [0, 0.05) is 0 Å². The summed E-state index contributed by atoms with van der Waals surface area (Å²) in [5.74, 6) is -0.528. The maximum atomic E-state index is 12.2. The molecule has 0 aliphatic heterocycles. The van der Waals surface area contributed by atoms with Crippen molar-refractivity contribution in [2.24, 2.45) is 0 Å². The molecule has 0 radical (unpaired) electrons. The van der Waals surface area contributed by atoms with Gasteiger partial charge in [0.05, 0.1) is 0 Å². The van der Waals surface area contributed by atoms with Crippen molar-refractivity contribution in [3.8, 4) is 5.75 Å². The van der Waals surface area contributed by atoms with Crippen LogP contribution in [0.4, 0.5) is 0 Å². The molecular weight excluding hydrogens is 440 g/mol. The van der Waals surface area contributed by atoms with E-state index in [-0.39, 0.29) is 10.8 Å². The highest BCUT2D eigenvalue weighted by Crippen LogP contribution is 2.41. The van der Waals surface area contributed by atoms with Crippen LogP contribution in [-0.2, 0) is 22.0 Å². The van der Waals surface area contributed by atoms with Gasteiger partial charge in [0.1, 0.15) is 10.5 Å². The van der Waals surface area contributed by atoms with Crippen LogP contribution < -0.4 is 0 Å². The summed E-state index contributed by atoms with van der Waals surface area (Å²) < 4.78 is -1.10. The first kappa shape index (κ1) is 30.9. The molecule has 0 aliphatic carbocycles. The van der Waals surface area contributed by atoms with Crippen LogP contribution in [0.3, 0.4) is 0 Å². The lowest BCUT2D eigenvalue weighted by Gasteiger charge is -2.30. The van der Waals surface area contributed by atoms with Gasteiger partial charge < -0.3 is 10.2 Å². The number of thiol groups is 1. The Hall–Kier alpha value is -1.16. The molecule has 0 amide bonds. The molecule has 1 aromatic rings. The highest BCUT2D eigenvalue weighted by molar-refractivity contribution is 7.82. The molecule has 1 unspecified atom stereocenters. The number of phenols is 1. The van der Waals surface area contributed by atoms with Crippen molar-refractivity contribution in [1.82, 2.24) is 0 Å². The summed E-state index contributed by atoms with van der Waals surface area (Å²) in [5, 5.41) is 21.0. The third-order valence-corrected chi connectivity index (χ3v) is 7.45.